The van der Waals surface area contributed by atoms with Gasteiger partial charge in [0, 0.05) is 0 Å². The van der Waals surface area contributed by atoms with Crippen LogP contribution in [0.5, 0.6) is 0 Å². The van der Waals surface area contributed by atoms with Crippen molar-refractivity contribution >= 4 is 0 Å². The standard InChI is InChI=1S/C19H40/c1-5-9-12-16-19(15-11-7-3)17-18(13-8-4)14-10-6-2/h18-19H,5-17H2,1-4H3. The molecule has 0 heterocycles. The lowest BCUT2D eigenvalue weighted by molar-refractivity contribution is 0.290. The zero-order valence-corrected chi connectivity index (χ0v) is 14.3. The van der Waals surface area contributed by atoms with Crippen molar-refractivity contribution in [1.82, 2.24) is 0 Å². The fraction of sp³-hybridized carbons (Fsp3) is 1.00. The highest BCUT2D eigenvalue weighted by molar-refractivity contribution is 4.67. The topological polar surface area (TPSA) is 0 Å². The van der Waals surface area contributed by atoms with Crippen LogP contribution in [0.2, 0.25) is 0 Å². The molecule has 0 rings (SSSR count). The third-order valence-corrected chi connectivity index (χ3v) is 4.51. The number of hydrogen-bond donors (Lipinski definition) is 0. The first-order valence-electron chi connectivity index (χ1n) is 9.28. The molecule has 0 aromatic carbocycles. The highest BCUT2D eigenvalue weighted by Crippen LogP contribution is 2.29. The van der Waals surface area contributed by atoms with Crippen LogP contribution in [0.15, 0.2) is 0 Å². The van der Waals surface area contributed by atoms with E-state index in [2.05, 4.69) is 27.7 Å². The van der Waals surface area contributed by atoms with E-state index in [1.54, 1.807) is 0 Å². The molecule has 0 aromatic heterocycles. The summed E-state index contributed by atoms with van der Waals surface area (Å²) in [4.78, 5) is 0. The Kier molecular flexibility index (Phi) is 14.4. The van der Waals surface area contributed by atoms with Crippen molar-refractivity contribution < 1.29 is 0 Å². The number of unbranched alkanes of at least 4 members (excludes halogenated alkanes) is 4. The molecule has 2 atom stereocenters. The van der Waals surface area contributed by atoms with Crippen molar-refractivity contribution in [1.29, 1.82) is 0 Å². The fourth-order valence-electron chi connectivity index (χ4n) is 3.31. The lowest BCUT2D eigenvalue weighted by Crippen LogP contribution is -2.10. The van der Waals surface area contributed by atoms with Crippen LogP contribution in [0, 0.1) is 11.8 Å². The molecule has 0 heteroatoms. The Hall–Kier alpha value is 0. The average Bonchev–Trinajstić information content (AvgIpc) is 2.42. The summed E-state index contributed by atoms with van der Waals surface area (Å²) >= 11 is 0. The molecular weight excluding hydrogens is 228 g/mol. The maximum Gasteiger partial charge on any atom is -0.0412 e. The van der Waals surface area contributed by atoms with Gasteiger partial charge in [-0.2, -0.15) is 0 Å². The maximum atomic E-state index is 2.36. The molecule has 0 radical (unpaired) electrons. The largest absolute Gasteiger partial charge is 0.0654 e. The van der Waals surface area contributed by atoms with Crippen molar-refractivity contribution in [2.45, 2.75) is 111 Å². The van der Waals surface area contributed by atoms with E-state index in [0.29, 0.717) is 0 Å². The van der Waals surface area contributed by atoms with E-state index in [9.17, 15) is 0 Å². The third kappa shape index (κ3) is 11.5. The molecule has 0 saturated heterocycles. The van der Waals surface area contributed by atoms with Gasteiger partial charge in [-0.3, -0.25) is 0 Å². The third-order valence-electron chi connectivity index (χ3n) is 4.51. The zero-order chi connectivity index (χ0) is 14.3. The van der Waals surface area contributed by atoms with Crippen LogP contribution in [0.25, 0.3) is 0 Å². The summed E-state index contributed by atoms with van der Waals surface area (Å²) < 4.78 is 0. The Balaban J connectivity index is 4.11. The van der Waals surface area contributed by atoms with E-state index >= 15 is 0 Å². The van der Waals surface area contributed by atoms with Crippen LogP contribution >= 0.6 is 0 Å². The molecule has 0 nitrogen and oxygen atoms in total. The SMILES string of the molecule is CCCCCC(CCCC)CC(CCC)CCCC. The number of hydrogen-bond acceptors (Lipinski definition) is 0. The highest BCUT2D eigenvalue weighted by atomic mass is 14.2. The van der Waals surface area contributed by atoms with Crippen LogP contribution in [-0.2, 0) is 0 Å². The Morgan fingerprint density at radius 2 is 0.947 bits per heavy atom. The van der Waals surface area contributed by atoms with Crippen LogP contribution in [0.4, 0.5) is 0 Å². The molecule has 0 amide bonds. The van der Waals surface area contributed by atoms with E-state index < -0.39 is 0 Å². The molecule has 0 aliphatic rings. The molecule has 116 valence electrons. The van der Waals surface area contributed by atoms with Crippen molar-refractivity contribution in [3.63, 3.8) is 0 Å². The summed E-state index contributed by atoms with van der Waals surface area (Å²) in [7, 11) is 0. The molecule has 19 heavy (non-hydrogen) atoms. The normalized spacial score (nSPS) is 14.5. The minimum absolute atomic E-state index is 1.02. The van der Waals surface area contributed by atoms with Gasteiger partial charge in [-0.15, -0.1) is 0 Å². The summed E-state index contributed by atoms with van der Waals surface area (Å²) in [6.07, 6.45) is 18.8. The van der Waals surface area contributed by atoms with Crippen LogP contribution in [-0.4, -0.2) is 0 Å². The van der Waals surface area contributed by atoms with Crippen LogP contribution in [0.3, 0.4) is 0 Å². The fourth-order valence-corrected chi connectivity index (χ4v) is 3.31. The molecule has 0 N–H and O–H groups in total. The summed E-state index contributed by atoms with van der Waals surface area (Å²) in [5.41, 5.74) is 0. The van der Waals surface area contributed by atoms with Gasteiger partial charge in [-0.25, -0.2) is 0 Å². The van der Waals surface area contributed by atoms with Gasteiger partial charge in [-0.05, 0) is 18.3 Å². The van der Waals surface area contributed by atoms with E-state index in [0.717, 1.165) is 11.8 Å². The molecule has 0 fully saturated rings. The lowest BCUT2D eigenvalue weighted by Gasteiger charge is -2.23. The van der Waals surface area contributed by atoms with Gasteiger partial charge in [0.25, 0.3) is 0 Å². The minimum Gasteiger partial charge on any atom is -0.0654 e. The van der Waals surface area contributed by atoms with Crippen molar-refractivity contribution in [2.24, 2.45) is 11.8 Å². The molecule has 0 aliphatic heterocycles. The molecule has 0 bridgehead atoms. The van der Waals surface area contributed by atoms with Gasteiger partial charge in [0.05, 0.1) is 0 Å². The molecule has 2 unspecified atom stereocenters. The van der Waals surface area contributed by atoms with E-state index in [1.807, 2.05) is 0 Å². The molecule has 0 saturated carbocycles. The number of rotatable bonds is 14. The van der Waals surface area contributed by atoms with Crippen LogP contribution in [0.1, 0.15) is 111 Å². The second kappa shape index (κ2) is 14.4. The lowest BCUT2D eigenvalue weighted by atomic mass is 9.83. The first kappa shape index (κ1) is 19.0. The van der Waals surface area contributed by atoms with E-state index in [-0.39, 0.29) is 0 Å². The summed E-state index contributed by atoms with van der Waals surface area (Å²) in [6, 6.07) is 0. The highest BCUT2D eigenvalue weighted by Gasteiger charge is 2.15. The van der Waals surface area contributed by atoms with Gasteiger partial charge < -0.3 is 0 Å². The van der Waals surface area contributed by atoms with E-state index in [1.165, 1.54) is 83.5 Å². The Morgan fingerprint density at radius 3 is 1.42 bits per heavy atom. The Labute approximate surface area is 123 Å². The average molecular weight is 269 g/mol. The smallest absolute Gasteiger partial charge is 0.0412 e. The second-order valence-corrected chi connectivity index (χ2v) is 6.54. The monoisotopic (exact) mass is 268 g/mol. The second-order valence-electron chi connectivity index (χ2n) is 6.54. The molecule has 0 aliphatic carbocycles. The molecular formula is C19H40. The van der Waals surface area contributed by atoms with Crippen molar-refractivity contribution in [3.05, 3.63) is 0 Å². The van der Waals surface area contributed by atoms with Crippen LogP contribution < -0.4 is 0 Å². The zero-order valence-electron chi connectivity index (χ0n) is 14.3. The van der Waals surface area contributed by atoms with Gasteiger partial charge in [0.15, 0.2) is 0 Å². The molecule has 0 spiro atoms. The molecule has 0 aromatic rings. The maximum absolute atomic E-state index is 2.36. The first-order chi connectivity index (χ1) is 9.28. The predicted octanol–water partition coefficient (Wildman–Crippen LogP) is 7.37. The predicted molar refractivity (Wildman–Crippen MR) is 89.7 cm³/mol. The van der Waals surface area contributed by atoms with Gasteiger partial charge in [0.1, 0.15) is 0 Å². The van der Waals surface area contributed by atoms with Gasteiger partial charge >= 0.3 is 0 Å². The first-order valence-corrected chi connectivity index (χ1v) is 9.28. The summed E-state index contributed by atoms with van der Waals surface area (Å²) in [5.74, 6) is 2.05. The van der Waals surface area contributed by atoms with Crippen molar-refractivity contribution in [3.8, 4) is 0 Å². The Bertz CT molecular complexity index is 161. The summed E-state index contributed by atoms with van der Waals surface area (Å²) in [6.45, 7) is 9.35. The van der Waals surface area contributed by atoms with Crippen molar-refractivity contribution in [2.75, 3.05) is 0 Å². The van der Waals surface area contributed by atoms with E-state index in [4.69, 9.17) is 0 Å². The quantitative estimate of drug-likeness (QED) is 0.288. The van der Waals surface area contributed by atoms with Gasteiger partial charge in [0.2, 0.25) is 0 Å². The minimum atomic E-state index is 1.02. The Morgan fingerprint density at radius 1 is 0.474 bits per heavy atom. The van der Waals surface area contributed by atoms with Gasteiger partial charge in [-0.1, -0.05) is 105 Å². The summed E-state index contributed by atoms with van der Waals surface area (Å²) in [5, 5.41) is 0.